The summed E-state index contributed by atoms with van der Waals surface area (Å²) in [7, 11) is 0. The van der Waals surface area contributed by atoms with Crippen LogP contribution in [0.1, 0.15) is 36.0 Å². The number of nitrogens with zero attached hydrogens (tertiary/aromatic N) is 2. The molecule has 2 saturated heterocycles. The van der Waals surface area contributed by atoms with Gasteiger partial charge in [0.2, 0.25) is 5.91 Å². The Hall–Kier alpha value is -2.94. The Morgan fingerprint density at radius 1 is 0.778 bits per heavy atom. The van der Waals surface area contributed by atoms with Crippen LogP contribution in [0.2, 0.25) is 10.0 Å². The third kappa shape index (κ3) is 7.90. The quantitative estimate of drug-likeness (QED) is 0.222. The van der Waals surface area contributed by atoms with Gasteiger partial charge in [0.15, 0.2) is 0 Å². The van der Waals surface area contributed by atoms with Crippen LogP contribution < -0.4 is 0 Å². The molecule has 6 rings (SSSR count). The van der Waals surface area contributed by atoms with Crippen LogP contribution in [-0.2, 0) is 27.3 Å². The van der Waals surface area contributed by atoms with E-state index in [1.54, 1.807) is 6.07 Å². The number of likely N-dealkylation sites (tertiary alicyclic amines) is 1. The average Bonchev–Trinajstić information content (AvgIpc) is 3.05. The fraction of sp³-hybridized carbons (Fsp3) is 0.306. The van der Waals surface area contributed by atoms with Crippen molar-refractivity contribution in [2.24, 2.45) is 0 Å². The maximum absolute atomic E-state index is 13.2. The predicted octanol–water partition coefficient (Wildman–Crippen LogP) is 6.89. The maximum Gasteiger partial charge on any atom is 0.249 e. The van der Waals surface area contributed by atoms with E-state index in [-0.39, 0.29) is 30.4 Å². The van der Waals surface area contributed by atoms with Crippen molar-refractivity contribution in [3.05, 3.63) is 130 Å². The van der Waals surface area contributed by atoms with Crippen molar-refractivity contribution < 1.29 is 20.1 Å². The van der Waals surface area contributed by atoms with E-state index in [1.807, 2.05) is 65.6 Å². The van der Waals surface area contributed by atoms with Gasteiger partial charge in [-0.05, 0) is 59.2 Å². The molecule has 2 aliphatic rings. The molecule has 0 saturated carbocycles. The van der Waals surface area contributed by atoms with Gasteiger partial charge in [0.25, 0.3) is 0 Å². The summed E-state index contributed by atoms with van der Waals surface area (Å²) in [6, 6.07) is 34.2. The van der Waals surface area contributed by atoms with Crippen molar-refractivity contribution in [2.75, 3.05) is 32.8 Å². The zero-order valence-electron chi connectivity index (χ0n) is 25.0. The number of morpholine rings is 1. The lowest BCUT2D eigenvalue weighted by atomic mass is 9.83. The topological polar surface area (TPSA) is 84.5 Å². The predicted molar refractivity (Wildman–Crippen MR) is 183 cm³/mol. The van der Waals surface area contributed by atoms with Crippen molar-refractivity contribution in [1.29, 1.82) is 0 Å². The molecule has 0 spiro atoms. The maximum atomic E-state index is 13.2. The molecule has 238 valence electrons. The summed E-state index contributed by atoms with van der Waals surface area (Å²) in [6.45, 7) is 3.22. The van der Waals surface area contributed by atoms with E-state index < -0.39 is 11.2 Å². The number of hydrogen-bond donors (Lipinski definition) is 1. The monoisotopic (exact) mass is 668 g/mol. The SMILES string of the molecule is Cl.O.O=C1COC(CCN2CCC(O)(c3ccccc3)CC2)(c2ccc(Cl)c(Cl)c2)CN1Cc1ccc(-c2ccccc2)cc1. The summed E-state index contributed by atoms with van der Waals surface area (Å²) in [5, 5.41) is 12.3. The number of carbonyl (C=O) groups is 1. The molecular formula is C36H39Cl3N2O4. The Morgan fingerprint density at radius 3 is 2.04 bits per heavy atom. The molecule has 1 atom stereocenters. The minimum atomic E-state index is -0.806. The summed E-state index contributed by atoms with van der Waals surface area (Å²) in [5.74, 6) is -0.0336. The molecule has 0 bridgehead atoms. The lowest BCUT2D eigenvalue weighted by molar-refractivity contribution is -0.169. The molecule has 1 unspecified atom stereocenters. The van der Waals surface area contributed by atoms with Gasteiger partial charge >= 0.3 is 0 Å². The molecular weight excluding hydrogens is 631 g/mol. The third-order valence-electron chi connectivity index (χ3n) is 8.98. The molecule has 2 aliphatic heterocycles. The van der Waals surface area contributed by atoms with Crippen molar-refractivity contribution >= 4 is 41.5 Å². The summed E-state index contributed by atoms with van der Waals surface area (Å²) in [6.07, 6.45) is 2.01. The van der Waals surface area contributed by atoms with Crippen LogP contribution in [0.3, 0.4) is 0 Å². The van der Waals surface area contributed by atoms with Crippen molar-refractivity contribution in [3.8, 4) is 11.1 Å². The van der Waals surface area contributed by atoms with Crippen molar-refractivity contribution in [1.82, 2.24) is 9.80 Å². The van der Waals surface area contributed by atoms with Gasteiger partial charge < -0.3 is 25.1 Å². The third-order valence-corrected chi connectivity index (χ3v) is 9.72. The van der Waals surface area contributed by atoms with Gasteiger partial charge in [0.05, 0.1) is 22.2 Å². The molecule has 3 N–H and O–H groups in total. The summed E-state index contributed by atoms with van der Waals surface area (Å²) >= 11 is 12.8. The largest absolute Gasteiger partial charge is 0.412 e. The van der Waals surface area contributed by atoms with Gasteiger partial charge in [-0.2, -0.15) is 0 Å². The molecule has 2 fully saturated rings. The molecule has 0 aliphatic carbocycles. The van der Waals surface area contributed by atoms with Crippen LogP contribution in [-0.4, -0.2) is 59.1 Å². The Kier molecular flexibility index (Phi) is 11.7. The van der Waals surface area contributed by atoms with Gasteiger partial charge in [0.1, 0.15) is 12.2 Å². The standard InChI is InChI=1S/C36H36Cl2N2O3.ClH.H2O/c37-32-16-15-31(23-33(32)38)36(19-22-39-20-17-35(42,18-21-39)30-9-5-2-6-10-30)26-40(34(41)25-43-36)24-27-11-13-29(14-12-27)28-7-3-1-4-8-28;;/h1-16,23,42H,17-22,24-26H2;1H;1H2. The lowest BCUT2D eigenvalue weighted by Gasteiger charge is -2.45. The zero-order chi connectivity index (χ0) is 29.9. The number of hydrogen-bond acceptors (Lipinski definition) is 4. The molecule has 45 heavy (non-hydrogen) atoms. The summed E-state index contributed by atoms with van der Waals surface area (Å²) < 4.78 is 6.44. The minimum absolute atomic E-state index is 0. The highest BCUT2D eigenvalue weighted by molar-refractivity contribution is 6.42. The summed E-state index contributed by atoms with van der Waals surface area (Å²) in [4.78, 5) is 17.4. The highest BCUT2D eigenvalue weighted by Crippen LogP contribution is 2.39. The average molecular weight is 670 g/mol. The highest BCUT2D eigenvalue weighted by Gasteiger charge is 2.42. The van der Waals surface area contributed by atoms with E-state index in [1.165, 1.54) is 0 Å². The molecule has 4 aromatic rings. The van der Waals surface area contributed by atoms with Gasteiger partial charge in [-0.3, -0.25) is 4.79 Å². The number of carbonyl (C=O) groups excluding carboxylic acids is 1. The summed E-state index contributed by atoms with van der Waals surface area (Å²) in [5.41, 5.74) is 3.71. The molecule has 6 nitrogen and oxygen atoms in total. The first-order valence-corrected chi connectivity index (χ1v) is 15.6. The number of halogens is 3. The number of benzene rings is 4. The van der Waals surface area contributed by atoms with E-state index >= 15 is 0 Å². The number of ether oxygens (including phenoxy) is 1. The molecule has 0 radical (unpaired) electrons. The van der Waals surface area contributed by atoms with Crippen molar-refractivity contribution in [3.63, 3.8) is 0 Å². The van der Waals surface area contributed by atoms with Crippen LogP contribution in [0.5, 0.6) is 0 Å². The number of aliphatic hydroxyl groups is 1. The first-order chi connectivity index (χ1) is 20.8. The van der Waals surface area contributed by atoms with Crippen molar-refractivity contribution in [2.45, 2.75) is 37.0 Å². The van der Waals surface area contributed by atoms with Gasteiger partial charge in [-0.25, -0.2) is 0 Å². The van der Waals surface area contributed by atoms with E-state index in [4.69, 9.17) is 27.9 Å². The zero-order valence-corrected chi connectivity index (χ0v) is 27.3. The highest BCUT2D eigenvalue weighted by atomic mass is 35.5. The molecule has 9 heteroatoms. The van der Waals surface area contributed by atoms with Gasteiger partial charge in [0, 0.05) is 26.2 Å². The normalized spacial score (nSPS) is 19.8. The van der Waals surface area contributed by atoms with E-state index in [0.29, 0.717) is 42.4 Å². The fourth-order valence-corrected chi connectivity index (χ4v) is 6.60. The second kappa shape index (κ2) is 15.1. The fourth-order valence-electron chi connectivity index (χ4n) is 6.30. The number of amides is 1. The number of piperidine rings is 1. The molecule has 4 aromatic carbocycles. The van der Waals surface area contributed by atoms with Crippen LogP contribution in [0.4, 0.5) is 0 Å². The van der Waals surface area contributed by atoms with E-state index in [9.17, 15) is 9.90 Å². The second-order valence-corrected chi connectivity index (χ2v) is 12.5. The minimum Gasteiger partial charge on any atom is -0.412 e. The molecule has 1 amide bonds. The first-order valence-electron chi connectivity index (χ1n) is 14.9. The number of rotatable bonds is 8. The van der Waals surface area contributed by atoms with Gasteiger partial charge in [-0.1, -0.05) is 114 Å². The Labute approximate surface area is 281 Å². The smallest absolute Gasteiger partial charge is 0.249 e. The Balaban J connectivity index is 0.00000230. The van der Waals surface area contributed by atoms with Crippen LogP contribution in [0.15, 0.2) is 103 Å². The molecule has 2 heterocycles. The van der Waals surface area contributed by atoms with Crippen LogP contribution >= 0.6 is 35.6 Å². The van der Waals surface area contributed by atoms with Crippen LogP contribution in [0, 0.1) is 0 Å². The molecule has 0 aromatic heterocycles. The van der Waals surface area contributed by atoms with E-state index in [2.05, 4.69) is 41.3 Å². The van der Waals surface area contributed by atoms with Gasteiger partial charge in [-0.15, -0.1) is 12.4 Å². The first kappa shape index (κ1) is 34.9. The van der Waals surface area contributed by atoms with Crippen LogP contribution in [0.25, 0.3) is 11.1 Å². The second-order valence-electron chi connectivity index (χ2n) is 11.7. The van der Waals surface area contributed by atoms with E-state index in [0.717, 1.165) is 47.5 Å². The Morgan fingerprint density at radius 2 is 1.40 bits per heavy atom. The Bertz CT molecular complexity index is 1550. The lowest BCUT2D eigenvalue weighted by Crippen LogP contribution is -2.54.